The molecule has 8 nitrogen and oxygen atoms in total. The number of pyridine rings is 1. The van der Waals surface area contributed by atoms with E-state index in [4.69, 9.17) is 4.98 Å². The van der Waals surface area contributed by atoms with Crippen LogP contribution in [0.5, 0.6) is 0 Å². The summed E-state index contributed by atoms with van der Waals surface area (Å²) >= 11 is 0. The van der Waals surface area contributed by atoms with Gasteiger partial charge in [-0.05, 0) is 79.9 Å². The van der Waals surface area contributed by atoms with E-state index in [1.165, 1.54) is 9.66 Å². The molecule has 3 aromatic carbocycles. The van der Waals surface area contributed by atoms with Gasteiger partial charge in [0.15, 0.2) is 5.65 Å². The average Bonchev–Trinajstić information content (AvgIpc) is 3.38. The Morgan fingerprint density at radius 2 is 1.49 bits per heavy atom. The van der Waals surface area contributed by atoms with Crippen molar-refractivity contribution in [3.8, 4) is 22.3 Å². The number of carbonyl (C=O) groups excluding carboxylic acids is 1. The highest BCUT2D eigenvalue weighted by atomic mass is 32.2. The van der Waals surface area contributed by atoms with E-state index in [1.807, 2.05) is 38.2 Å². The summed E-state index contributed by atoms with van der Waals surface area (Å²) < 4.78 is 29.4. The zero-order valence-corrected chi connectivity index (χ0v) is 26.7. The highest BCUT2D eigenvalue weighted by molar-refractivity contribution is 7.90. The predicted molar refractivity (Wildman–Crippen MR) is 179 cm³/mol. The van der Waals surface area contributed by atoms with Crippen LogP contribution in [0.2, 0.25) is 0 Å². The van der Waals surface area contributed by atoms with Crippen LogP contribution in [0.4, 0.5) is 5.69 Å². The molecule has 9 heteroatoms. The van der Waals surface area contributed by atoms with Crippen molar-refractivity contribution >= 4 is 32.7 Å². The maximum absolute atomic E-state index is 14.1. The predicted octanol–water partition coefficient (Wildman–Crippen LogP) is 5.69. The lowest BCUT2D eigenvalue weighted by molar-refractivity contribution is 0.0800. The van der Waals surface area contributed by atoms with Gasteiger partial charge in [-0.25, -0.2) is 17.4 Å². The summed E-state index contributed by atoms with van der Waals surface area (Å²) in [6, 6.07) is 23.2. The number of aryl methyl sites for hydroxylation is 1. The van der Waals surface area contributed by atoms with Crippen molar-refractivity contribution in [1.29, 1.82) is 0 Å². The van der Waals surface area contributed by atoms with Gasteiger partial charge in [-0.2, -0.15) is 0 Å². The van der Waals surface area contributed by atoms with E-state index in [0.717, 1.165) is 77.8 Å². The fourth-order valence-corrected chi connectivity index (χ4v) is 7.82. The molecule has 0 atom stereocenters. The Morgan fingerprint density at radius 3 is 2.22 bits per heavy atom. The Balaban J connectivity index is 1.38. The molecule has 0 N–H and O–H groups in total. The van der Waals surface area contributed by atoms with Crippen LogP contribution < -0.4 is 4.90 Å². The van der Waals surface area contributed by atoms with Crippen LogP contribution in [0.15, 0.2) is 90.1 Å². The smallest absolute Gasteiger partial charge is 0.269 e. The minimum absolute atomic E-state index is 0.0142. The van der Waals surface area contributed by atoms with Crippen molar-refractivity contribution in [2.24, 2.45) is 0 Å². The topological polar surface area (TPSA) is 78.8 Å². The molecule has 0 saturated carbocycles. The third-order valence-electron chi connectivity index (χ3n) is 9.22. The molecule has 2 aromatic heterocycles. The Hall–Kier alpha value is -4.47. The fraction of sp³-hybridized carbons (Fsp3) is 0.278. The van der Waals surface area contributed by atoms with Gasteiger partial charge in [0.2, 0.25) is 0 Å². The second kappa shape index (κ2) is 11.5. The number of hydrogen-bond acceptors (Lipinski definition) is 6. The van der Waals surface area contributed by atoms with Crippen molar-refractivity contribution in [3.05, 3.63) is 102 Å². The summed E-state index contributed by atoms with van der Waals surface area (Å²) in [5.74, 6) is -0.0142. The number of carbonyl (C=O) groups is 1. The van der Waals surface area contributed by atoms with Crippen LogP contribution in [0.25, 0.3) is 33.3 Å². The van der Waals surface area contributed by atoms with Crippen molar-refractivity contribution in [2.75, 3.05) is 51.7 Å². The van der Waals surface area contributed by atoms with Crippen LogP contribution >= 0.6 is 0 Å². The van der Waals surface area contributed by atoms with E-state index in [9.17, 15) is 13.2 Å². The first-order chi connectivity index (χ1) is 21.7. The first-order valence-corrected chi connectivity index (χ1v) is 16.9. The van der Waals surface area contributed by atoms with Gasteiger partial charge in [0, 0.05) is 79.9 Å². The van der Waals surface area contributed by atoms with Gasteiger partial charge in [0.05, 0.1) is 4.90 Å². The number of amides is 1. The minimum Gasteiger partial charge on any atom is -0.369 e. The van der Waals surface area contributed by atoms with Gasteiger partial charge < -0.3 is 14.7 Å². The Labute approximate surface area is 264 Å². The van der Waals surface area contributed by atoms with Gasteiger partial charge in [0.1, 0.15) is 0 Å². The van der Waals surface area contributed by atoms with Crippen LogP contribution in [0.1, 0.15) is 27.9 Å². The quantitative estimate of drug-likeness (QED) is 0.252. The molecule has 7 rings (SSSR count). The summed E-state index contributed by atoms with van der Waals surface area (Å²) in [7, 11) is 0.0348. The molecule has 2 aliphatic rings. The Morgan fingerprint density at radius 1 is 0.778 bits per heavy atom. The van der Waals surface area contributed by atoms with Crippen LogP contribution in [0, 0.1) is 6.92 Å². The molecule has 0 aliphatic carbocycles. The third kappa shape index (κ3) is 5.30. The second-order valence-corrected chi connectivity index (χ2v) is 14.1. The second-order valence-electron chi connectivity index (χ2n) is 12.3. The Bertz CT molecular complexity index is 2010. The van der Waals surface area contributed by atoms with Crippen LogP contribution in [-0.2, 0) is 16.4 Å². The molecule has 0 bridgehead atoms. The zero-order chi connectivity index (χ0) is 31.3. The number of likely N-dealkylation sites (N-methyl/N-ethyl adjacent to an activating group) is 1. The van der Waals surface area contributed by atoms with E-state index in [2.05, 4.69) is 41.1 Å². The molecule has 1 amide bonds. The number of aromatic nitrogens is 2. The summed E-state index contributed by atoms with van der Waals surface area (Å²) in [6.45, 7) is 6.68. The Kier molecular flexibility index (Phi) is 7.46. The van der Waals surface area contributed by atoms with Crippen molar-refractivity contribution < 1.29 is 13.2 Å². The van der Waals surface area contributed by atoms with E-state index >= 15 is 0 Å². The lowest BCUT2D eigenvalue weighted by atomic mass is 9.92. The molecule has 1 fully saturated rings. The number of fused-ring (bicyclic) bond motifs is 2. The highest BCUT2D eigenvalue weighted by Crippen LogP contribution is 2.38. The first-order valence-electron chi connectivity index (χ1n) is 15.5. The molecule has 230 valence electrons. The number of anilines is 1. The van der Waals surface area contributed by atoms with Gasteiger partial charge >= 0.3 is 0 Å². The summed E-state index contributed by atoms with van der Waals surface area (Å²) in [5, 5.41) is 0.727. The summed E-state index contributed by atoms with van der Waals surface area (Å²) in [4.78, 5) is 24.7. The SMILES string of the molecule is Cc1ccc(S(=O)(=O)n2cc(-c3cccc4c3CCCN(C)C4=O)c3cc(-c4ccc(N5CCN(C)CC5)cc4)cnc32)cc1. The number of hydrogen-bond donors (Lipinski definition) is 0. The largest absolute Gasteiger partial charge is 0.369 e. The monoisotopic (exact) mass is 619 g/mol. The standard InChI is InChI=1S/C36H37N5O3S/c1-25-9-15-29(16-10-25)45(43,44)41-24-34(31-6-4-7-32-30(31)8-5-17-39(3)36(32)42)33-22-27(23-37-35(33)41)26-11-13-28(14-12-26)40-20-18-38(2)19-21-40/h4,6-7,9-16,22-24H,5,8,17-21H2,1-3H3. The van der Waals surface area contributed by atoms with E-state index in [0.29, 0.717) is 17.8 Å². The van der Waals surface area contributed by atoms with Gasteiger partial charge in [-0.1, -0.05) is 42.0 Å². The fourth-order valence-electron chi connectivity index (χ4n) is 6.50. The lowest BCUT2D eigenvalue weighted by Gasteiger charge is -2.34. The lowest BCUT2D eigenvalue weighted by Crippen LogP contribution is -2.44. The molecule has 0 unspecified atom stereocenters. The van der Waals surface area contributed by atoms with Crippen LogP contribution in [-0.4, -0.2) is 79.9 Å². The molecule has 0 spiro atoms. The van der Waals surface area contributed by atoms with Gasteiger partial charge in [0.25, 0.3) is 15.9 Å². The van der Waals surface area contributed by atoms with Gasteiger partial charge in [-0.15, -0.1) is 0 Å². The molecule has 4 heterocycles. The van der Waals surface area contributed by atoms with Crippen LogP contribution in [0.3, 0.4) is 0 Å². The number of piperazine rings is 1. The summed E-state index contributed by atoms with van der Waals surface area (Å²) in [5.41, 5.74) is 7.66. The number of benzene rings is 3. The summed E-state index contributed by atoms with van der Waals surface area (Å²) in [6.07, 6.45) is 4.99. The van der Waals surface area contributed by atoms with Crippen molar-refractivity contribution in [2.45, 2.75) is 24.7 Å². The molecular formula is C36H37N5O3S. The van der Waals surface area contributed by atoms with E-state index < -0.39 is 10.0 Å². The molecule has 5 aromatic rings. The molecular weight excluding hydrogens is 582 g/mol. The highest BCUT2D eigenvalue weighted by Gasteiger charge is 2.27. The number of rotatable bonds is 5. The van der Waals surface area contributed by atoms with E-state index in [1.54, 1.807) is 41.6 Å². The van der Waals surface area contributed by atoms with Crippen molar-refractivity contribution in [1.82, 2.24) is 18.8 Å². The zero-order valence-electron chi connectivity index (χ0n) is 25.9. The van der Waals surface area contributed by atoms with Gasteiger partial charge in [-0.3, -0.25) is 4.79 Å². The minimum atomic E-state index is -3.95. The molecule has 1 saturated heterocycles. The average molecular weight is 620 g/mol. The molecule has 0 radical (unpaired) electrons. The molecule has 2 aliphatic heterocycles. The maximum atomic E-state index is 14.1. The normalized spacial score (nSPS) is 16.2. The third-order valence-corrected chi connectivity index (χ3v) is 10.9. The first kappa shape index (κ1) is 29.3. The number of nitrogens with zero attached hydrogens (tertiary/aromatic N) is 5. The molecule has 45 heavy (non-hydrogen) atoms. The van der Waals surface area contributed by atoms with E-state index in [-0.39, 0.29) is 10.8 Å². The van der Waals surface area contributed by atoms with Crippen molar-refractivity contribution in [3.63, 3.8) is 0 Å². The maximum Gasteiger partial charge on any atom is 0.269 e.